The Morgan fingerprint density at radius 3 is 2.62 bits per heavy atom. The van der Waals surface area contributed by atoms with E-state index in [-0.39, 0.29) is 0 Å². The van der Waals surface area contributed by atoms with Crippen molar-refractivity contribution in [3.05, 3.63) is 40.7 Å². The van der Waals surface area contributed by atoms with Crippen LogP contribution in [0, 0.1) is 6.92 Å². The molecule has 2 N–H and O–H groups in total. The fourth-order valence-corrected chi connectivity index (χ4v) is 2.28. The lowest BCUT2D eigenvalue weighted by Gasteiger charge is -2.15. The van der Waals surface area contributed by atoms with E-state index in [4.69, 9.17) is 11.6 Å². The monoisotopic (exact) mass is 304 g/mol. The number of benzene rings is 1. The topological polar surface area (TPSA) is 49.8 Å². The summed E-state index contributed by atoms with van der Waals surface area (Å²) in [6.07, 6.45) is 3.47. The van der Waals surface area contributed by atoms with E-state index in [2.05, 4.69) is 34.4 Å². The molecule has 0 fully saturated rings. The zero-order chi connectivity index (χ0) is 15.2. The lowest BCUT2D eigenvalue weighted by Crippen LogP contribution is -2.08. The number of halogens is 1. The van der Waals surface area contributed by atoms with Gasteiger partial charge in [-0.1, -0.05) is 31.5 Å². The van der Waals surface area contributed by atoms with Gasteiger partial charge in [0.05, 0.1) is 10.7 Å². The van der Waals surface area contributed by atoms with E-state index >= 15 is 0 Å². The number of aromatic nitrogens is 2. The van der Waals surface area contributed by atoms with Crippen molar-refractivity contribution in [2.24, 2.45) is 0 Å². The van der Waals surface area contributed by atoms with Crippen molar-refractivity contribution in [3.8, 4) is 0 Å². The second kappa shape index (κ2) is 7.27. The van der Waals surface area contributed by atoms with Gasteiger partial charge in [-0.15, -0.1) is 0 Å². The summed E-state index contributed by atoms with van der Waals surface area (Å²) >= 11 is 6.24. The molecule has 0 amide bonds. The quantitative estimate of drug-likeness (QED) is 0.821. The minimum atomic E-state index is 0.685. The van der Waals surface area contributed by atoms with Gasteiger partial charge in [-0.3, -0.25) is 0 Å². The summed E-state index contributed by atoms with van der Waals surface area (Å²) in [7, 11) is 0. The second-order valence-corrected chi connectivity index (χ2v) is 5.35. The van der Waals surface area contributed by atoms with Crippen molar-refractivity contribution < 1.29 is 0 Å². The van der Waals surface area contributed by atoms with Gasteiger partial charge in [0, 0.05) is 12.1 Å². The standard InChI is InChI=1S/C16H21ClN4/c1-4-8-18-15-12(5-2)16(20-10-19-15)21-14-9-11(3)6-7-13(14)17/h6-7,9-10H,4-5,8H2,1-3H3,(H2,18,19,20,21). The van der Waals surface area contributed by atoms with Crippen LogP contribution in [0.4, 0.5) is 17.3 Å². The Hall–Kier alpha value is -1.81. The number of aryl methyl sites for hydroxylation is 1. The predicted octanol–water partition coefficient (Wildman–Crippen LogP) is 4.57. The molecule has 0 saturated carbocycles. The lowest BCUT2D eigenvalue weighted by atomic mass is 10.2. The zero-order valence-electron chi connectivity index (χ0n) is 12.7. The molecule has 5 heteroatoms. The second-order valence-electron chi connectivity index (χ2n) is 4.94. The molecule has 2 aromatic rings. The molecule has 112 valence electrons. The van der Waals surface area contributed by atoms with Crippen molar-refractivity contribution >= 4 is 28.9 Å². The van der Waals surface area contributed by atoms with E-state index in [1.807, 2.05) is 25.1 Å². The summed E-state index contributed by atoms with van der Waals surface area (Å²) < 4.78 is 0. The molecular formula is C16H21ClN4. The maximum absolute atomic E-state index is 6.24. The van der Waals surface area contributed by atoms with Gasteiger partial charge in [0.15, 0.2) is 0 Å². The summed E-state index contributed by atoms with van der Waals surface area (Å²) in [6.45, 7) is 7.16. The fraction of sp³-hybridized carbons (Fsp3) is 0.375. The molecule has 0 aliphatic rings. The third kappa shape index (κ3) is 3.85. The zero-order valence-corrected chi connectivity index (χ0v) is 13.5. The van der Waals surface area contributed by atoms with Crippen LogP contribution in [-0.2, 0) is 6.42 Å². The number of rotatable bonds is 6. The molecule has 1 aromatic heterocycles. The number of hydrogen-bond acceptors (Lipinski definition) is 4. The van der Waals surface area contributed by atoms with Gasteiger partial charge in [-0.25, -0.2) is 9.97 Å². The smallest absolute Gasteiger partial charge is 0.139 e. The molecule has 0 aliphatic heterocycles. The average Bonchev–Trinajstić information content (AvgIpc) is 2.49. The Morgan fingerprint density at radius 2 is 1.90 bits per heavy atom. The van der Waals surface area contributed by atoms with Gasteiger partial charge in [-0.2, -0.15) is 0 Å². The predicted molar refractivity (Wildman–Crippen MR) is 89.7 cm³/mol. The molecule has 0 radical (unpaired) electrons. The van der Waals surface area contributed by atoms with E-state index < -0.39 is 0 Å². The SMILES string of the molecule is CCCNc1ncnc(Nc2cc(C)ccc2Cl)c1CC. The number of nitrogens with one attached hydrogen (secondary N) is 2. The molecule has 1 heterocycles. The highest BCUT2D eigenvalue weighted by atomic mass is 35.5. The molecule has 0 bridgehead atoms. The Balaban J connectivity index is 2.33. The molecule has 0 spiro atoms. The number of anilines is 3. The number of hydrogen-bond donors (Lipinski definition) is 2. The van der Waals surface area contributed by atoms with E-state index in [1.165, 1.54) is 0 Å². The molecular weight excluding hydrogens is 284 g/mol. The molecule has 0 atom stereocenters. The highest BCUT2D eigenvalue weighted by molar-refractivity contribution is 6.33. The largest absolute Gasteiger partial charge is 0.370 e. The molecule has 0 aliphatic carbocycles. The van der Waals surface area contributed by atoms with Gasteiger partial charge in [-0.05, 0) is 37.5 Å². The van der Waals surface area contributed by atoms with Crippen molar-refractivity contribution in [3.63, 3.8) is 0 Å². The number of nitrogens with zero attached hydrogens (tertiary/aromatic N) is 2. The van der Waals surface area contributed by atoms with E-state index in [0.717, 1.165) is 47.8 Å². The first-order valence-electron chi connectivity index (χ1n) is 7.26. The normalized spacial score (nSPS) is 10.5. The van der Waals surface area contributed by atoms with Crippen LogP contribution in [0.25, 0.3) is 0 Å². The van der Waals surface area contributed by atoms with Crippen LogP contribution in [0.15, 0.2) is 24.5 Å². The molecule has 21 heavy (non-hydrogen) atoms. The van der Waals surface area contributed by atoms with Crippen LogP contribution in [0.1, 0.15) is 31.4 Å². The molecule has 0 unspecified atom stereocenters. The van der Waals surface area contributed by atoms with Gasteiger partial charge in [0.2, 0.25) is 0 Å². The molecule has 0 saturated heterocycles. The van der Waals surface area contributed by atoms with E-state index in [1.54, 1.807) is 6.33 Å². The first-order chi connectivity index (χ1) is 10.2. The van der Waals surface area contributed by atoms with Crippen LogP contribution in [-0.4, -0.2) is 16.5 Å². The third-order valence-electron chi connectivity index (χ3n) is 3.22. The first-order valence-corrected chi connectivity index (χ1v) is 7.64. The van der Waals surface area contributed by atoms with Crippen LogP contribution in [0.5, 0.6) is 0 Å². The van der Waals surface area contributed by atoms with Crippen molar-refractivity contribution in [2.45, 2.75) is 33.6 Å². The summed E-state index contributed by atoms with van der Waals surface area (Å²) in [5.41, 5.74) is 3.09. The maximum atomic E-state index is 6.24. The first kappa shape index (κ1) is 15.6. The van der Waals surface area contributed by atoms with Crippen LogP contribution in [0.3, 0.4) is 0 Å². The van der Waals surface area contributed by atoms with Crippen LogP contribution >= 0.6 is 11.6 Å². The van der Waals surface area contributed by atoms with Crippen molar-refractivity contribution in [2.75, 3.05) is 17.2 Å². The fourth-order valence-electron chi connectivity index (χ4n) is 2.11. The van der Waals surface area contributed by atoms with Crippen molar-refractivity contribution in [1.82, 2.24) is 9.97 Å². The Morgan fingerprint density at radius 1 is 1.14 bits per heavy atom. The minimum Gasteiger partial charge on any atom is -0.370 e. The van der Waals surface area contributed by atoms with Crippen molar-refractivity contribution in [1.29, 1.82) is 0 Å². The lowest BCUT2D eigenvalue weighted by molar-refractivity contribution is 0.949. The molecule has 1 aromatic carbocycles. The summed E-state index contributed by atoms with van der Waals surface area (Å²) in [5.74, 6) is 1.69. The Labute approximate surface area is 131 Å². The highest BCUT2D eigenvalue weighted by Crippen LogP contribution is 2.29. The van der Waals surface area contributed by atoms with Crippen LogP contribution in [0.2, 0.25) is 5.02 Å². The Kier molecular flexibility index (Phi) is 5.39. The van der Waals surface area contributed by atoms with Gasteiger partial charge < -0.3 is 10.6 Å². The van der Waals surface area contributed by atoms with E-state index in [0.29, 0.717) is 5.02 Å². The molecule has 4 nitrogen and oxygen atoms in total. The maximum Gasteiger partial charge on any atom is 0.139 e. The van der Waals surface area contributed by atoms with Gasteiger partial charge in [0.25, 0.3) is 0 Å². The Bertz CT molecular complexity index is 613. The average molecular weight is 305 g/mol. The molecule has 2 rings (SSSR count). The minimum absolute atomic E-state index is 0.685. The summed E-state index contributed by atoms with van der Waals surface area (Å²) in [4.78, 5) is 8.70. The summed E-state index contributed by atoms with van der Waals surface area (Å²) in [6, 6.07) is 5.90. The van der Waals surface area contributed by atoms with Crippen LogP contribution < -0.4 is 10.6 Å². The van der Waals surface area contributed by atoms with Gasteiger partial charge in [0.1, 0.15) is 18.0 Å². The highest BCUT2D eigenvalue weighted by Gasteiger charge is 2.11. The van der Waals surface area contributed by atoms with Gasteiger partial charge >= 0.3 is 0 Å². The van der Waals surface area contributed by atoms with E-state index in [9.17, 15) is 0 Å². The third-order valence-corrected chi connectivity index (χ3v) is 3.55. The summed E-state index contributed by atoms with van der Waals surface area (Å²) in [5, 5.41) is 7.35.